The topological polar surface area (TPSA) is 70.7 Å². The number of thiophene rings is 1. The van der Waals surface area contributed by atoms with Gasteiger partial charge in [0.25, 0.3) is 0 Å². The van der Waals surface area contributed by atoms with Crippen LogP contribution in [0.3, 0.4) is 0 Å². The highest BCUT2D eigenvalue weighted by molar-refractivity contribution is 7.07. The van der Waals surface area contributed by atoms with Crippen molar-refractivity contribution in [2.24, 2.45) is 0 Å². The molecule has 2 N–H and O–H groups in total. The van der Waals surface area contributed by atoms with E-state index in [0.717, 1.165) is 25.9 Å². The van der Waals surface area contributed by atoms with Crippen LogP contribution in [0.15, 0.2) is 16.8 Å². The molecule has 0 radical (unpaired) electrons. The average molecular weight is 323 g/mol. The van der Waals surface area contributed by atoms with Gasteiger partial charge >= 0.3 is 11.8 Å². The van der Waals surface area contributed by atoms with Crippen molar-refractivity contribution in [3.05, 3.63) is 22.4 Å². The standard InChI is InChI=1S/C15H21N3O3S/c19-14(15(20)17-12-1-2-12)16-9-13(11-3-8-22-10-11)18-4-6-21-7-5-18/h3,8,10,12-13H,1-2,4-7,9H2,(H,16,19)(H,17,20)/t13-/m0/s1. The Morgan fingerprint density at radius 2 is 2.09 bits per heavy atom. The van der Waals surface area contributed by atoms with Gasteiger partial charge in [-0.25, -0.2) is 0 Å². The molecule has 2 fully saturated rings. The highest BCUT2D eigenvalue weighted by Gasteiger charge is 2.28. The summed E-state index contributed by atoms with van der Waals surface area (Å²) in [6, 6.07) is 2.36. The second kappa shape index (κ2) is 7.21. The third-order valence-electron chi connectivity index (χ3n) is 3.99. The summed E-state index contributed by atoms with van der Waals surface area (Å²) >= 11 is 1.64. The van der Waals surface area contributed by atoms with Crippen LogP contribution in [-0.4, -0.2) is 55.6 Å². The predicted octanol–water partition coefficient (Wildman–Crippen LogP) is 0.516. The molecule has 0 spiro atoms. The molecule has 22 heavy (non-hydrogen) atoms. The third kappa shape index (κ3) is 4.06. The van der Waals surface area contributed by atoms with Gasteiger partial charge in [-0.15, -0.1) is 0 Å². The fourth-order valence-corrected chi connectivity index (χ4v) is 3.27. The number of amides is 2. The summed E-state index contributed by atoms with van der Waals surface area (Å²) in [4.78, 5) is 25.9. The zero-order valence-electron chi connectivity index (χ0n) is 12.4. The van der Waals surface area contributed by atoms with Gasteiger partial charge in [-0.2, -0.15) is 11.3 Å². The van der Waals surface area contributed by atoms with Gasteiger partial charge in [0.2, 0.25) is 0 Å². The van der Waals surface area contributed by atoms with Crippen molar-refractivity contribution in [3.8, 4) is 0 Å². The lowest BCUT2D eigenvalue weighted by molar-refractivity contribution is -0.139. The first-order chi connectivity index (χ1) is 10.7. The summed E-state index contributed by atoms with van der Waals surface area (Å²) < 4.78 is 5.39. The fourth-order valence-electron chi connectivity index (χ4n) is 2.56. The molecular weight excluding hydrogens is 302 g/mol. The highest BCUT2D eigenvalue weighted by Crippen LogP contribution is 2.23. The Morgan fingerprint density at radius 3 is 2.73 bits per heavy atom. The van der Waals surface area contributed by atoms with Crippen LogP contribution >= 0.6 is 11.3 Å². The summed E-state index contributed by atoms with van der Waals surface area (Å²) in [6.45, 7) is 3.52. The van der Waals surface area contributed by atoms with E-state index in [-0.39, 0.29) is 12.1 Å². The monoisotopic (exact) mass is 323 g/mol. The van der Waals surface area contributed by atoms with Crippen LogP contribution in [0.2, 0.25) is 0 Å². The lowest BCUT2D eigenvalue weighted by Crippen LogP contribution is -2.47. The molecule has 6 nitrogen and oxygen atoms in total. The minimum Gasteiger partial charge on any atom is -0.379 e. The van der Waals surface area contributed by atoms with Gasteiger partial charge in [0, 0.05) is 25.7 Å². The summed E-state index contributed by atoms with van der Waals surface area (Å²) in [5.74, 6) is -1.06. The van der Waals surface area contributed by atoms with E-state index in [9.17, 15) is 9.59 Å². The molecule has 2 aliphatic rings. The molecule has 1 saturated carbocycles. The van der Waals surface area contributed by atoms with Crippen LogP contribution in [0, 0.1) is 0 Å². The zero-order valence-corrected chi connectivity index (χ0v) is 13.2. The van der Waals surface area contributed by atoms with Crippen LogP contribution in [0.25, 0.3) is 0 Å². The molecule has 1 aromatic heterocycles. The van der Waals surface area contributed by atoms with Crippen molar-refractivity contribution in [1.82, 2.24) is 15.5 Å². The second-order valence-electron chi connectivity index (χ2n) is 5.68. The molecule has 1 aromatic rings. The molecule has 1 aliphatic heterocycles. The number of rotatable bonds is 5. The van der Waals surface area contributed by atoms with Crippen LogP contribution in [-0.2, 0) is 14.3 Å². The van der Waals surface area contributed by atoms with Gasteiger partial charge in [-0.1, -0.05) is 0 Å². The summed E-state index contributed by atoms with van der Waals surface area (Å²) in [7, 11) is 0. The Labute approximate surface area is 133 Å². The quantitative estimate of drug-likeness (QED) is 0.775. The van der Waals surface area contributed by atoms with Crippen molar-refractivity contribution in [1.29, 1.82) is 0 Å². The molecule has 0 bridgehead atoms. The molecule has 2 heterocycles. The van der Waals surface area contributed by atoms with Gasteiger partial charge in [0.15, 0.2) is 0 Å². The van der Waals surface area contributed by atoms with Crippen molar-refractivity contribution >= 4 is 23.2 Å². The number of carbonyl (C=O) groups excluding carboxylic acids is 2. The van der Waals surface area contributed by atoms with Gasteiger partial charge in [-0.3, -0.25) is 14.5 Å². The molecule has 3 rings (SSSR count). The van der Waals surface area contributed by atoms with E-state index in [4.69, 9.17) is 4.74 Å². The maximum atomic E-state index is 11.9. The van der Waals surface area contributed by atoms with E-state index in [0.29, 0.717) is 19.8 Å². The van der Waals surface area contributed by atoms with E-state index in [1.165, 1.54) is 5.56 Å². The summed E-state index contributed by atoms with van der Waals surface area (Å²) in [6.07, 6.45) is 1.95. The Kier molecular flexibility index (Phi) is 5.07. The lowest BCUT2D eigenvalue weighted by atomic mass is 10.1. The first-order valence-electron chi connectivity index (χ1n) is 7.66. The van der Waals surface area contributed by atoms with Crippen molar-refractivity contribution in [3.63, 3.8) is 0 Å². The van der Waals surface area contributed by atoms with Gasteiger partial charge in [0.05, 0.1) is 19.3 Å². The van der Waals surface area contributed by atoms with Gasteiger partial charge in [-0.05, 0) is 35.2 Å². The van der Waals surface area contributed by atoms with E-state index in [2.05, 4.69) is 27.0 Å². The first-order valence-corrected chi connectivity index (χ1v) is 8.61. The van der Waals surface area contributed by atoms with Crippen molar-refractivity contribution in [2.75, 3.05) is 32.8 Å². The van der Waals surface area contributed by atoms with Crippen molar-refractivity contribution < 1.29 is 14.3 Å². The van der Waals surface area contributed by atoms with Crippen LogP contribution in [0.1, 0.15) is 24.4 Å². The van der Waals surface area contributed by atoms with Gasteiger partial charge < -0.3 is 15.4 Å². The van der Waals surface area contributed by atoms with E-state index >= 15 is 0 Å². The number of carbonyl (C=O) groups is 2. The smallest absolute Gasteiger partial charge is 0.309 e. The molecule has 120 valence electrons. The Morgan fingerprint density at radius 1 is 1.32 bits per heavy atom. The van der Waals surface area contributed by atoms with Crippen LogP contribution < -0.4 is 10.6 Å². The normalized spacial score (nSPS) is 20.4. The van der Waals surface area contributed by atoms with E-state index < -0.39 is 11.8 Å². The first kappa shape index (κ1) is 15.5. The van der Waals surface area contributed by atoms with E-state index in [1.54, 1.807) is 11.3 Å². The van der Waals surface area contributed by atoms with Crippen LogP contribution in [0.5, 0.6) is 0 Å². The highest BCUT2D eigenvalue weighted by atomic mass is 32.1. The van der Waals surface area contributed by atoms with Crippen LogP contribution in [0.4, 0.5) is 0 Å². The molecule has 2 amide bonds. The summed E-state index contributed by atoms with van der Waals surface area (Å²) in [5.41, 5.74) is 1.18. The number of nitrogens with one attached hydrogen (secondary N) is 2. The van der Waals surface area contributed by atoms with E-state index in [1.807, 2.05) is 5.38 Å². The number of nitrogens with zero attached hydrogens (tertiary/aromatic N) is 1. The molecule has 0 aromatic carbocycles. The molecule has 7 heteroatoms. The Bertz CT molecular complexity index is 510. The zero-order chi connectivity index (χ0) is 15.4. The second-order valence-corrected chi connectivity index (χ2v) is 6.46. The Balaban J connectivity index is 1.57. The number of ether oxygens (including phenoxy) is 1. The average Bonchev–Trinajstić information content (AvgIpc) is 3.19. The fraction of sp³-hybridized carbons (Fsp3) is 0.600. The minimum atomic E-state index is -0.541. The molecule has 1 saturated heterocycles. The molecule has 1 aliphatic carbocycles. The van der Waals surface area contributed by atoms with Gasteiger partial charge in [0.1, 0.15) is 0 Å². The summed E-state index contributed by atoms with van der Waals surface area (Å²) in [5, 5.41) is 9.61. The van der Waals surface area contributed by atoms with Crippen molar-refractivity contribution in [2.45, 2.75) is 24.9 Å². The number of hydrogen-bond acceptors (Lipinski definition) is 5. The maximum absolute atomic E-state index is 11.9. The Hall–Kier alpha value is -1.44. The SMILES string of the molecule is O=C(NC[C@@H](c1ccsc1)N1CCOCC1)C(=O)NC1CC1. The third-order valence-corrected chi connectivity index (χ3v) is 4.69. The largest absolute Gasteiger partial charge is 0.379 e. The molecule has 0 unspecified atom stereocenters. The lowest BCUT2D eigenvalue weighted by Gasteiger charge is -2.34. The molecular formula is C15H21N3O3S. The predicted molar refractivity (Wildman–Crippen MR) is 83.6 cm³/mol. The minimum absolute atomic E-state index is 0.0906. The number of hydrogen-bond donors (Lipinski definition) is 2. The number of morpholine rings is 1. The molecule has 1 atom stereocenters. The maximum Gasteiger partial charge on any atom is 0.309 e.